The second kappa shape index (κ2) is 5.22. The molecule has 1 saturated carbocycles. The van der Waals surface area contributed by atoms with E-state index in [4.69, 9.17) is 0 Å². The van der Waals surface area contributed by atoms with Gasteiger partial charge in [-0.2, -0.15) is 0 Å². The number of hydrogen-bond acceptors (Lipinski definition) is 2. The number of nitrogens with zero attached hydrogens (tertiary/aromatic N) is 2. The Kier molecular flexibility index (Phi) is 2.91. The predicted octanol–water partition coefficient (Wildman–Crippen LogP) is 3.61. The van der Waals surface area contributed by atoms with Crippen molar-refractivity contribution in [2.45, 2.75) is 37.4 Å². The summed E-state index contributed by atoms with van der Waals surface area (Å²) >= 11 is 0. The summed E-state index contributed by atoms with van der Waals surface area (Å²) in [5, 5.41) is 1.15. The lowest BCUT2D eigenvalue weighted by Crippen LogP contribution is -2.44. The highest BCUT2D eigenvalue weighted by Gasteiger charge is 2.55. The van der Waals surface area contributed by atoms with Gasteiger partial charge in [-0.05, 0) is 30.0 Å². The van der Waals surface area contributed by atoms with Crippen LogP contribution in [0.2, 0.25) is 0 Å². The molecule has 2 aliphatic heterocycles. The maximum atomic E-state index is 13.3. The van der Waals surface area contributed by atoms with Gasteiger partial charge >= 0.3 is 6.03 Å². The van der Waals surface area contributed by atoms with E-state index in [1.807, 2.05) is 47.4 Å². The third kappa shape index (κ3) is 1.99. The van der Waals surface area contributed by atoms with Gasteiger partial charge in [-0.15, -0.1) is 0 Å². The minimum atomic E-state index is -0.407. The van der Waals surface area contributed by atoms with Crippen LogP contribution in [0.5, 0.6) is 0 Å². The number of aromatic amines is 1. The first-order chi connectivity index (χ1) is 13.2. The Morgan fingerprint density at radius 1 is 0.926 bits per heavy atom. The zero-order valence-corrected chi connectivity index (χ0v) is 14.8. The SMILES string of the molecule is O=C1C2Cc3c([nH]c4ccccc34)C(c3ccccc3)N2C(=O)N1C1CC1. The molecule has 5 heteroatoms. The highest BCUT2D eigenvalue weighted by Crippen LogP contribution is 2.45. The van der Waals surface area contributed by atoms with E-state index >= 15 is 0 Å². The van der Waals surface area contributed by atoms with Crippen LogP contribution in [0.15, 0.2) is 54.6 Å². The number of carbonyl (C=O) groups excluding carboxylic acids is 2. The molecule has 6 rings (SSSR count). The summed E-state index contributed by atoms with van der Waals surface area (Å²) in [5.41, 5.74) is 4.30. The maximum Gasteiger partial charge on any atom is 0.328 e. The third-order valence-corrected chi connectivity index (χ3v) is 6.11. The Morgan fingerprint density at radius 2 is 1.67 bits per heavy atom. The lowest BCUT2D eigenvalue weighted by atomic mass is 9.89. The van der Waals surface area contributed by atoms with Crippen molar-refractivity contribution in [1.82, 2.24) is 14.8 Å². The third-order valence-electron chi connectivity index (χ3n) is 6.11. The van der Waals surface area contributed by atoms with Crippen LogP contribution in [0.1, 0.15) is 35.7 Å². The Balaban J connectivity index is 1.58. The largest absolute Gasteiger partial charge is 0.356 e. The number of aromatic nitrogens is 1. The van der Waals surface area contributed by atoms with Crippen molar-refractivity contribution in [1.29, 1.82) is 0 Å². The topological polar surface area (TPSA) is 56.4 Å². The van der Waals surface area contributed by atoms with E-state index < -0.39 is 6.04 Å². The summed E-state index contributed by atoms with van der Waals surface area (Å²) < 4.78 is 0. The molecule has 1 aliphatic carbocycles. The number of imide groups is 1. The van der Waals surface area contributed by atoms with Crippen LogP contribution in [-0.4, -0.2) is 38.8 Å². The fourth-order valence-electron chi connectivity index (χ4n) is 4.75. The molecule has 3 aromatic rings. The molecule has 1 N–H and O–H groups in total. The molecule has 27 heavy (non-hydrogen) atoms. The van der Waals surface area contributed by atoms with E-state index in [2.05, 4.69) is 17.1 Å². The summed E-state index contributed by atoms with van der Waals surface area (Å²) in [6.07, 6.45) is 2.45. The first kappa shape index (κ1) is 15.0. The van der Waals surface area contributed by atoms with Gasteiger partial charge < -0.3 is 4.98 Å². The van der Waals surface area contributed by atoms with Gasteiger partial charge in [0.1, 0.15) is 12.1 Å². The minimum absolute atomic E-state index is 0.0284. The van der Waals surface area contributed by atoms with Crippen molar-refractivity contribution in [3.8, 4) is 0 Å². The van der Waals surface area contributed by atoms with Gasteiger partial charge in [-0.25, -0.2) is 4.79 Å². The molecule has 3 heterocycles. The lowest BCUT2D eigenvalue weighted by molar-refractivity contribution is -0.129. The van der Waals surface area contributed by atoms with Crippen LogP contribution in [0.3, 0.4) is 0 Å². The van der Waals surface area contributed by atoms with Crippen LogP contribution < -0.4 is 0 Å². The monoisotopic (exact) mass is 357 g/mol. The molecule has 3 amide bonds. The second-order valence-corrected chi connectivity index (χ2v) is 7.73. The number of carbonyl (C=O) groups is 2. The quantitative estimate of drug-likeness (QED) is 0.713. The van der Waals surface area contributed by atoms with Crippen molar-refractivity contribution >= 4 is 22.8 Å². The molecule has 0 radical (unpaired) electrons. The molecule has 2 fully saturated rings. The number of fused-ring (bicyclic) bond motifs is 4. The molecule has 2 aromatic carbocycles. The Morgan fingerprint density at radius 3 is 2.44 bits per heavy atom. The number of urea groups is 1. The average molecular weight is 357 g/mol. The fourth-order valence-corrected chi connectivity index (χ4v) is 4.75. The van der Waals surface area contributed by atoms with Gasteiger partial charge in [-0.1, -0.05) is 48.5 Å². The number of hydrogen-bond donors (Lipinski definition) is 1. The van der Waals surface area contributed by atoms with Crippen LogP contribution >= 0.6 is 0 Å². The summed E-state index contributed by atoms with van der Waals surface area (Å²) in [4.78, 5) is 33.3. The van der Waals surface area contributed by atoms with Crippen molar-refractivity contribution in [2.75, 3.05) is 0 Å². The fraction of sp³-hybridized carbons (Fsp3) is 0.273. The molecule has 0 bridgehead atoms. The number of rotatable bonds is 2. The van der Waals surface area contributed by atoms with Crippen molar-refractivity contribution < 1.29 is 9.59 Å². The number of para-hydroxylation sites is 1. The van der Waals surface area contributed by atoms with E-state index in [0.29, 0.717) is 6.42 Å². The van der Waals surface area contributed by atoms with Crippen LogP contribution in [0.25, 0.3) is 10.9 Å². The number of nitrogens with one attached hydrogen (secondary N) is 1. The standard InChI is InChI=1S/C22H19N3O2/c26-21-18-12-16-15-8-4-5-9-17(15)23-19(16)20(13-6-2-1-3-7-13)25(18)22(27)24(21)14-10-11-14/h1-9,14,18,20,23H,10-12H2. The molecule has 1 aromatic heterocycles. The highest BCUT2D eigenvalue weighted by atomic mass is 16.2. The Hall–Kier alpha value is -3.08. The zero-order valence-electron chi connectivity index (χ0n) is 14.8. The Bertz CT molecular complexity index is 1080. The molecule has 2 unspecified atom stereocenters. The summed E-state index contributed by atoms with van der Waals surface area (Å²) in [7, 11) is 0. The van der Waals surface area contributed by atoms with E-state index in [0.717, 1.165) is 35.0 Å². The van der Waals surface area contributed by atoms with Crippen LogP contribution in [0, 0.1) is 0 Å². The second-order valence-electron chi connectivity index (χ2n) is 7.73. The Labute approximate surface area is 156 Å². The van der Waals surface area contributed by atoms with Gasteiger partial charge in [0.2, 0.25) is 0 Å². The number of amides is 3. The summed E-state index contributed by atoms with van der Waals surface area (Å²) in [6, 6.07) is 17.5. The van der Waals surface area contributed by atoms with Gasteiger partial charge in [-0.3, -0.25) is 14.6 Å². The summed E-state index contributed by atoms with van der Waals surface area (Å²) in [6.45, 7) is 0. The molecule has 134 valence electrons. The average Bonchev–Trinajstić information content (AvgIpc) is 3.41. The number of benzene rings is 2. The van der Waals surface area contributed by atoms with Gasteiger partial charge in [0.25, 0.3) is 5.91 Å². The first-order valence-electron chi connectivity index (χ1n) is 9.54. The molecule has 5 nitrogen and oxygen atoms in total. The van der Waals surface area contributed by atoms with Gasteiger partial charge in [0.05, 0.1) is 0 Å². The van der Waals surface area contributed by atoms with Crippen molar-refractivity contribution in [3.05, 3.63) is 71.4 Å². The van der Waals surface area contributed by atoms with Crippen molar-refractivity contribution in [3.63, 3.8) is 0 Å². The lowest BCUT2D eigenvalue weighted by Gasteiger charge is -2.36. The molecule has 1 saturated heterocycles. The predicted molar refractivity (Wildman–Crippen MR) is 101 cm³/mol. The maximum absolute atomic E-state index is 13.3. The minimum Gasteiger partial charge on any atom is -0.356 e. The molecular weight excluding hydrogens is 338 g/mol. The highest BCUT2D eigenvalue weighted by molar-refractivity contribution is 6.06. The summed E-state index contributed by atoms with van der Waals surface area (Å²) in [5.74, 6) is -0.0284. The first-order valence-corrected chi connectivity index (χ1v) is 9.54. The smallest absolute Gasteiger partial charge is 0.328 e. The van der Waals surface area contributed by atoms with E-state index in [-0.39, 0.29) is 24.0 Å². The molecule has 3 aliphatic rings. The number of H-pyrrole nitrogens is 1. The van der Waals surface area contributed by atoms with Crippen LogP contribution in [0.4, 0.5) is 4.79 Å². The molecular formula is C22H19N3O2. The van der Waals surface area contributed by atoms with E-state index in [1.54, 1.807) is 0 Å². The van der Waals surface area contributed by atoms with Gasteiger partial charge in [0, 0.05) is 29.1 Å². The van der Waals surface area contributed by atoms with Gasteiger partial charge in [0.15, 0.2) is 0 Å². The van der Waals surface area contributed by atoms with Crippen molar-refractivity contribution in [2.24, 2.45) is 0 Å². The van der Waals surface area contributed by atoms with E-state index in [1.165, 1.54) is 10.5 Å². The van der Waals surface area contributed by atoms with E-state index in [9.17, 15) is 9.59 Å². The van der Waals surface area contributed by atoms with Crippen LogP contribution in [-0.2, 0) is 11.2 Å². The zero-order chi connectivity index (χ0) is 18.1. The normalized spacial score (nSPS) is 24.4. The molecule has 2 atom stereocenters. The molecule has 0 spiro atoms.